The molecular formula is C22H21NO3. The maximum atomic E-state index is 10.6. The van der Waals surface area contributed by atoms with E-state index in [1.165, 1.54) is 0 Å². The number of benzene rings is 2. The summed E-state index contributed by atoms with van der Waals surface area (Å²) in [7, 11) is 0. The number of pyridine rings is 1. The van der Waals surface area contributed by atoms with Crippen LogP contribution < -0.4 is 4.74 Å². The second-order valence-corrected chi connectivity index (χ2v) is 6.01. The van der Waals surface area contributed by atoms with Crippen molar-refractivity contribution >= 4 is 5.97 Å². The van der Waals surface area contributed by atoms with Crippen molar-refractivity contribution in [3.8, 4) is 28.3 Å². The molecule has 0 saturated carbocycles. The second-order valence-electron chi connectivity index (χ2n) is 6.01. The molecule has 0 amide bonds. The van der Waals surface area contributed by atoms with Crippen molar-refractivity contribution in [2.45, 2.75) is 19.3 Å². The first-order valence-electron chi connectivity index (χ1n) is 8.70. The zero-order valence-corrected chi connectivity index (χ0v) is 14.5. The molecular weight excluding hydrogens is 326 g/mol. The van der Waals surface area contributed by atoms with Crippen LogP contribution in [-0.4, -0.2) is 22.7 Å². The largest absolute Gasteiger partial charge is 0.481 e. The van der Waals surface area contributed by atoms with Gasteiger partial charge in [0, 0.05) is 18.1 Å². The highest BCUT2D eigenvalue weighted by molar-refractivity contribution is 5.71. The van der Waals surface area contributed by atoms with Gasteiger partial charge in [-0.25, -0.2) is 4.98 Å². The summed E-state index contributed by atoms with van der Waals surface area (Å²) in [5.41, 5.74) is 4.02. The van der Waals surface area contributed by atoms with Crippen molar-refractivity contribution in [3.63, 3.8) is 0 Å². The minimum Gasteiger partial charge on any atom is -0.481 e. The van der Waals surface area contributed by atoms with Gasteiger partial charge in [0.1, 0.15) is 0 Å². The fourth-order valence-corrected chi connectivity index (χ4v) is 2.69. The van der Waals surface area contributed by atoms with E-state index in [2.05, 4.69) is 23.2 Å². The van der Waals surface area contributed by atoms with Gasteiger partial charge in [-0.2, -0.15) is 0 Å². The molecule has 4 nitrogen and oxygen atoms in total. The minimum atomic E-state index is -0.777. The Kier molecular flexibility index (Phi) is 5.99. The first-order valence-corrected chi connectivity index (χ1v) is 8.70. The van der Waals surface area contributed by atoms with Crippen LogP contribution in [0.3, 0.4) is 0 Å². The molecule has 1 N–H and O–H groups in total. The van der Waals surface area contributed by atoms with Crippen LogP contribution in [0.15, 0.2) is 72.8 Å². The fraction of sp³-hybridized carbons (Fsp3) is 0.182. The highest BCUT2D eigenvalue weighted by Gasteiger charge is 2.08. The number of carbonyl (C=O) groups is 1. The lowest BCUT2D eigenvalue weighted by Crippen LogP contribution is -2.02. The van der Waals surface area contributed by atoms with E-state index in [-0.39, 0.29) is 6.42 Å². The molecule has 26 heavy (non-hydrogen) atoms. The van der Waals surface area contributed by atoms with Gasteiger partial charge in [-0.05, 0) is 30.0 Å². The van der Waals surface area contributed by atoms with Crippen LogP contribution in [0.1, 0.15) is 19.3 Å². The Bertz CT molecular complexity index is 790. The molecule has 0 aliphatic rings. The summed E-state index contributed by atoms with van der Waals surface area (Å²) in [6, 6.07) is 24.1. The molecule has 3 aromatic rings. The molecule has 4 heteroatoms. The lowest BCUT2D eigenvalue weighted by molar-refractivity contribution is -0.137. The lowest BCUT2D eigenvalue weighted by Gasteiger charge is -2.11. The SMILES string of the molecule is O=C(O)CCCCOc1cc(-c2ccccc2)cc(-c2ccccc2)n1. The maximum Gasteiger partial charge on any atom is 0.303 e. The molecule has 0 aliphatic carbocycles. The van der Waals surface area contributed by atoms with E-state index in [1.54, 1.807) is 0 Å². The third-order valence-electron chi connectivity index (χ3n) is 4.01. The van der Waals surface area contributed by atoms with Gasteiger partial charge in [0.25, 0.3) is 0 Å². The average Bonchev–Trinajstić information content (AvgIpc) is 2.68. The van der Waals surface area contributed by atoms with Crippen molar-refractivity contribution in [3.05, 3.63) is 72.8 Å². The van der Waals surface area contributed by atoms with E-state index >= 15 is 0 Å². The molecule has 0 fully saturated rings. The Morgan fingerprint density at radius 3 is 2.15 bits per heavy atom. The molecule has 3 rings (SSSR count). The lowest BCUT2D eigenvalue weighted by atomic mass is 10.0. The third kappa shape index (κ3) is 4.93. The first kappa shape index (κ1) is 17.7. The molecule has 132 valence electrons. The Labute approximate surface area is 153 Å². The number of carboxylic acids is 1. The normalized spacial score (nSPS) is 10.5. The number of ether oxygens (including phenoxy) is 1. The Morgan fingerprint density at radius 1 is 0.846 bits per heavy atom. The van der Waals surface area contributed by atoms with Crippen molar-refractivity contribution in [2.24, 2.45) is 0 Å². The standard InChI is InChI=1S/C22H21NO3/c24-22(25)13-7-8-14-26-21-16-19(17-9-3-1-4-10-17)15-20(23-21)18-11-5-2-6-12-18/h1-6,9-12,15-16H,7-8,13-14H2,(H,24,25). The summed E-state index contributed by atoms with van der Waals surface area (Å²) in [5.74, 6) is -0.221. The monoisotopic (exact) mass is 347 g/mol. The molecule has 2 aromatic carbocycles. The zero-order chi connectivity index (χ0) is 18.2. The topological polar surface area (TPSA) is 59.4 Å². The molecule has 0 unspecified atom stereocenters. The number of hydrogen-bond acceptors (Lipinski definition) is 3. The van der Waals surface area contributed by atoms with Gasteiger partial charge in [0.2, 0.25) is 5.88 Å². The maximum absolute atomic E-state index is 10.6. The second kappa shape index (κ2) is 8.81. The van der Waals surface area contributed by atoms with Crippen molar-refractivity contribution < 1.29 is 14.6 Å². The summed E-state index contributed by atoms with van der Waals surface area (Å²) >= 11 is 0. The Morgan fingerprint density at radius 2 is 1.50 bits per heavy atom. The van der Waals surface area contributed by atoms with Crippen LogP contribution in [0.4, 0.5) is 0 Å². The number of nitrogens with zero attached hydrogens (tertiary/aromatic N) is 1. The zero-order valence-electron chi connectivity index (χ0n) is 14.5. The number of carboxylic acid groups (broad SMARTS) is 1. The van der Waals surface area contributed by atoms with Gasteiger partial charge >= 0.3 is 5.97 Å². The first-order chi connectivity index (χ1) is 12.7. The quantitative estimate of drug-likeness (QED) is 0.579. The molecule has 0 atom stereocenters. The summed E-state index contributed by atoms with van der Waals surface area (Å²) in [5, 5.41) is 8.70. The number of aromatic nitrogens is 1. The van der Waals surface area contributed by atoms with Crippen molar-refractivity contribution in [1.29, 1.82) is 0 Å². The van der Waals surface area contributed by atoms with Gasteiger partial charge < -0.3 is 9.84 Å². The molecule has 0 radical (unpaired) electrons. The summed E-state index contributed by atoms with van der Waals surface area (Å²) in [6.45, 7) is 0.451. The van der Waals surface area contributed by atoms with E-state index in [0.29, 0.717) is 25.3 Å². The summed E-state index contributed by atoms with van der Waals surface area (Å²) < 4.78 is 5.81. The molecule has 0 saturated heterocycles. The van der Waals surface area contributed by atoms with Crippen molar-refractivity contribution in [2.75, 3.05) is 6.61 Å². The van der Waals surface area contributed by atoms with Gasteiger partial charge in [-0.1, -0.05) is 60.7 Å². The van der Waals surface area contributed by atoms with Gasteiger partial charge in [0.15, 0.2) is 0 Å². The average molecular weight is 347 g/mol. The van der Waals surface area contributed by atoms with E-state index in [0.717, 1.165) is 22.4 Å². The molecule has 1 aromatic heterocycles. The molecule has 0 spiro atoms. The van der Waals surface area contributed by atoms with Crippen molar-refractivity contribution in [1.82, 2.24) is 4.98 Å². The number of rotatable bonds is 8. The van der Waals surface area contributed by atoms with Gasteiger partial charge in [-0.15, -0.1) is 0 Å². The number of aliphatic carboxylic acids is 1. The Balaban J connectivity index is 1.82. The predicted octanol–water partition coefficient (Wildman–Crippen LogP) is 5.05. The fourth-order valence-electron chi connectivity index (χ4n) is 2.69. The van der Waals surface area contributed by atoms with Crippen LogP contribution in [0.5, 0.6) is 5.88 Å². The number of unbranched alkanes of at least 4 members (excludes halogenated alkanes) is 1. The van der Waals surface area contributed by atoms with E-state index in [4.69, 9.17) is 9.84 Å². The van der Waals surface area contributed by atoms with Crippen LogP contribution in [0.25, 0.3) is 22.4 Å². The molecule has 0 aliphatic heterocycles. The predicted molar refractivity (Wildman–Crippen MR) is 102 cm³/mol. The van der Waals surface area contributed by atoms with Gasteiger partial charge in [0.05, 0.1) is 12.3 Å². The van der Waals surface area contributed by atoms with Crippen LogP contribution in [0.2, 0.25) is 0 Å². The Hall–Kier alpha value is -3.14. The summed E-state index contributed by atoms with van der Waals surface area (Å²) in [6.07, 6.45) is 1.44. The summed E-state index contributed by atoms with van der Waals surface area (Å²) in [4.78, 5) is 15.2. The molecule has 1 heterocycles. The highest BCUT2D eigenvalue weighted by atomic mass is 16.5. The van der Waals surface area contributed by atoms with Gasteiger partial charge in [-0.3, -0.25) is 4.79 Å². The van der Waals surface area contributed by atoms with Crippen LogP contribution in [-0.2, 0) is 4.79 Å². The van der Waals surface area contributed by atoms with E-state index in [1.807, 2.05) is 54.6 Å². The highest BCUT2D eigenvalue weighted by Crippen LogP contribution is 2.28. The minimum absolute atomic E-state index is 0.163. The van der Waals surface area contributed by atoms with E-state index < -0.39 is 5.97 Å². The van der Waals surface area contributed by atoms with Crippen LogP contribution >= 0.6 is 0 Å². The van der Waals surface area contributed by atoms with E-state index in [9.17, 15) is 4.79 Å². The smallest absolute Gasteiger partial charge is 0.303 e. The molecule has 0 bridgehead atoms. The number of hydrogen-bond donors (Lipinski definition) is 1. The van der Waals surface area contributed by atoms with Crippen LogP contribution in [0, 0.1) is 0 Å². The third-order valence-corrected chi connectivity index (χ3v) is 4.01.